The Kier molecular flexibility index (Phi) is 11.3. The molecule has 1 amide bonds. The highest BCUT2D eigenvalue weighted by atomic mass is 19.4. The third kappa shape index (κ3) is 9.50. The first-order valence-electron chi connectivity index (χ1n) is 14.4. The van der Waals surface area contributed by atoms with Gasteiger partial charge in [0.15, 0.2) is 0 Å². The van der Waals surface area contributed by atoms with Crippen LogP contribution in [0.3, 0.4) is 0 Å². The number of piperidine rings is 1. The molecule has 1 heterocycles. The molecule has 1 aliphatic rings. The number of likely N-dealkylation sites (tertiary alicyclic amines) is 1. The summed E-state index contributed by atoms with van der Waals surface area (Å²) in [5, 5.41) is 10.7. The number of azo groups is 1. The zero-order valence-electron chi connectivity index (χ0n) is 26.6. The standard InChI is InChI=1S/C30H35F9N6O3/c1-26(2,3)48-25(46)44-10-8-27(47-5,9-11-44)23-7-6-20(28(31,32)33)14-19(23)17-45(24(42-40)43-41-4)16-18-12-21(29(34,35)36)15-22(13-18)30(37,38)39/h6-7,12-15H,8-11,16-17,40H2,1-5H3. The van der Waals surface area contributed by atoms with Gasteiger partial charge in [0.1, 0.15) is 5.60 Å². The van der Waals surface area contributed by atoms with E-state index in [2.05, 4.69) is 15.3 Å². The summed E-state index contributed by atoms with van der Waals surface area (Å²) < 4.78 is 135. The Morgan fingerprint density at radius 3 is 1.85 bits per heavy atom. The van der Waals surface area contributed by atoms with Crippen LogP contribution in [0.5, 0.6) is 0 Å². The molecule has 1 aliphatic heterocycles. The number of hydrogen-bond acceptors (Lipinski definition) is 6. The summed E-state index contributed by atoms with van der Waals surface area (Å²) in [6.07, 6.45) is -15.5. The molecule has 2 aromatic carbocycles. The third-order valence-electron chi connectivity index (χ3n) is 7.51. The van der Waals surface area contributed by atoms with Gasteiger partial charge < -0.3 is 25.1 Å². The van der Waals surface area contributed by atoms with Crippen LogP contribution in [0.1, 0.15) is 67.0 Å². The van der Waals surface area contributed by atoms with Gasteiger partial charge in [-0.3, -0.25) is 0 Å². The second kappa shape index (κ2) is 14.2. The van der Waals surface area contributed by atoms with E-state index in [0.717, 1.165) is 17.0 Å². The Labute approximate surface area is 270 Å². The second-order valence-electron chi connectivity index (χ2n) is 12.0. The first-order valence-corrected chi connectivity index (χ1v) is 14.4. The van der Waals surface area contributed by atoms with Gasteiger partial charge in [0, 0.05) is 40.3 Å². The number of nitrogens with zero attached hydrogens (tertiary/aromatic N) is 5. The largest absolute Gasteiger partial charge is 0.444 e. The summed E-state index contributed by atoms with van der Waals surface area (Å²) in [4.78, 5) is 15.1. The molecule has 0 aliphatic carbocycles. The van der Waals surface area contributed by atoms with E-state index < -0.39 is 77.1 Å². The van der Waals surface area contributed by atoms with Gasteiger partial charge in [0.05, 0.1) is 22.3 Å². The fraction of sp³-hybridized carbons (Fsp3) is 0.533. The molecule has 18 heteroatoms. The molecular weight excluding hydrogens is 663 g/mol. The SMILES string of the molecule is CN=NC(=NN)N(Cc1cc(C(F)(F)F)cc(C(F)(F)F)c1)Cc1cc(C(F)(F)F)ccc1C1(OC)CCN(C(=O)OC(C)(C)C)CC1. The van der Waals surface area contributed by atoms with Crippen LogP contribution in [0.2, 0.25) is 0 Å². The Bertz CT molecular complexity index is 1480. The van der Waals surface area contributed by atoms with Gasteiger partial charge in [0.2, 0.25) is 0 Å². The number of methoxy groups -OCH3 is 1. The number of halogens is 9. The average molecular weight is 699 g/mol. The molecule has 2 aromatic rings. The second-order valence-corrected chi connectivity index (χ2v) is 12.0. The van der Waals surface area contributed by atoms with Gasteiger partial charge >= 0.3 is 24.6 Å². The molecule has 1 saturated heterocycles. The summed E-state index contributed by atoms with van der Waals surface area (Å²) in [6, 6.07) is 3.74. The van der Waals surface area contributed by atoms with Crippen LogP contribution >= 0.6 is 0 Å². The van der Waals surface area contributed by atoms with E-state index in [1.807, 2.05) is 0 Å². The van der Waals surface area contributed by atoms with Gasteiger partial charge in [-0.1, -0.05) is 6.07 Å². The van der Waals surface area contributed by atoms with Crippen molar-refractivity contribution in [3.05, 3.63) is 69.8 Å². The smallest absolute Gasteiger partial charge is 0.416 e. The number of rotatable bonds is 6. The minimum absolute atomic E-state index is 0.0472. The number of ether oxygens (including phenoxy) is 2. The number of carbonyl (C=O) groups excluding carboxylic acids is 1. The lowest BCUT2D eigenvalue weighted by molar-refractivity contribution is -0.143. The Balaban J connectivity index is 2.14. The van der Waals surface area contributed by atoms with Gasteiger partial charge in [-0.15, -0.1) is 10.2 Å². The van der Waals surface area contributed by atoms with Crippen molar-refractivity contribution in [3.63, 3.8) is 0 Å². The molecule has 48 heavy (non-hydrogen) atoms. The number of carbonyl (C=O) groups is 1. The van der Waals surface area contributed by atoms with Gasteiger partial charge in [-0.05, 0) is 80.6 Å². The van der Waals surface area contributed by atoms with E-state index in [1.165, 1.54) is 25.1 Å². The summed E-state index contributed by atoms with van der Waals surface area (Å²) in [7, 11) is 2.52. The van der Waals surface area contributed by atoms with Crippen molar-refractivity contribution < 1.29 is 53.8 Å². The number of hydrogen-bond donors (Lipinski definition) is 1. The first-order chi connectivity index (χ1) is 22.0. The summed E-state index contributed by atoms with van der Waals surface area (Å²) in [5.41, 5.74) is -6.64. The average Bonchev–Trinajstić information content (AvgIpc) is 2.97. The topological polar surface area (TPSA) is 105 Å². The lowest BCUT2D eigenvalue weighted by atomic mass is 9.81. The molecule has 2 N–H and O–H groups in total. The quantitative estimate of drug-likeness (QED) is 0.0824. The van der Waals surface area contributed by atoms with Crippen LogP contribution < -0.4 is 5.84 Å². The maximum absolute atomic E-state index is 13.9. The minimum Gasteiger partial charge on any atom is -0.444 e. The van der Waals surface area contributed by atoms with Crippen LogP contribution in [0, 0.1) is 0 Å². The van der Waals surface area contributed by atoms with Crippen LogP contribution in [0.15, 0.2) is 51.7 Å². The Morgan fingerprint density at radius 1 is 0.875 bits per heavy atom. The van der Waals surface area contributed by atoms with E-state index in [0.29, 0.717) is 12.1 Å². The molecule has 1 fully saturated rings. The number of nitrogens with two attached hydrogens (primary N) is 1. The van der Waals surface area contributed by atoms with Crippen molar-refractivity contribution in [2.45, 2.75) is 76.4 Å². The van der Waals surface area contributed by atoms with Crippen molar-refractivity contribution in [1.29, 1.82) is 0 Å². The first kappa shape index (κ1) is 38.4. The van der Waals surface area contributed by atoms with E-state index in [9.17, 15) is 44.3 Å². The fourth-order valence-corrected chi connectivity index (χ4v) is 5.30. The van der Waals surface area contributed by atoms with E-state index >= 15 is 0 Å². The van der Waals surface area contributed by atoms with E-state index in [-0.39, 0.29) is 43.1 Å². The Morgan fingerprint density at radius 2 is 1.42 bits per heavy atom. The monoisotopic (exact) mass is 698 g/mol. The molecule has 266 valence electrons. The Hall–Kier alpha value is -4.09. The number of amides is 1. The molecular formula is C30H35F9N6O3. The van der Waals surface area contributed by atoms with Crippen LogP contribution in [-0.2, 0) is 46.7 Å². The van der Waals surface area contributed by atoms with Crippen molar-refractivity contribution in [2.75, 3.05) is 27.2 Å². The molecule has 0 saturated carbocycles. The fourth-order valence-electron chi connectivity index (χ4n) is 5.30. The lowest BCUT2D eigenvalue weighted by Gasteiger charge is -2.42. The zero-order valence-corrected chi connectivity index (χ0v) is 26.6. The molecule has 0 spiro atoms. The predicted molar refractivity (Wildman–Crippen MR) is 155 cm³/mol. The van der Waals surface area contributed by atoms with Crippen molar-refractivity contribution in [1.82, 2.24) is 9.80 Å². The minimum atomic E-state index is -5.15. The van der Waals surface area contributed by atoms with Crippen molar-refractivity contribution >= 4 is 12.1 Å². The van der Waals surface area contributed by atoms with Crippen LogP contribution in [-0.4, -0.2) is 54.7 Å². The summed E-state index contributed by atoms with van der Waals surface area (Å²) in [5.74, 6) is 4.98. The third-order valence-corrected chi connectivity index (χ3v) is 7.51. The van der Waals surface area contributed by atoms with E-state index in [4.69, 9.17) is 15.3 Å². The van der Waals surface area contributed by atoms with Gasteiger partial charge in [-0.2, -0.15) is 44.6 Å². The maximum atomic E-state index is 13.9. The molecule has 9 nitrogen and oxygen atoms in total. The number of alkyl halides is 9. The molecule has 0 unspecified atom stereocenters. The molecule has 0 aromatic heterocycles. The summed E-state index contributed by atoms with van der Waals surface area (Å²) >= 11 is 0. The van der Waals surface area contributed by atoms with Crippen molar-refractivity contribution in [2.24, 2.45) is 21.2 Å². The molecule has 0 bridgehead atoms. The summed E-state index contributed by atoms with van der Waals surface area (Å²) in [6.45, 7) is 3.93. The molecule has 0 radical (unpaired) electrons. The van der Waals surface area contributed by atoms with Crippen LogP contribution in [0.25, 0.3) is 0 Å². The predicted octanol–water partition coefficient (Wildman–Crippen LogP) is 7.93. The van der Waals surface area contributed by atoms with Crippen molar-refractivity contribution in [3.8, 4) is 0 Å². The van der Waals surface area contributed by atoms with E-state index in [1.54, 1.807) is 20.8 Å². The lowest BCUT2D eigenvalue weighted by Crippen LogP contribution is -2.48. The van der Waals surface area contributed by atoms with Gasteiger partial charge in [0.25, 0.3) is 5.96 Å². The van der Waals surface area contributed by atoms with Gasteiger partial charge in [-0.25, -0.2) is 4.79 Å². The highest BCUT2D eigenvalue weighted by Gasteiger charge is 2.42. The highest BCUT2D eigenvalue weighted by Crippen LogP contribution is 2.42. The normalized spacial score (nSPS) is 16.4. The molecule has 3 rings (SSSR count). The maximum Gasteiger partial charge on any atom is 0.416 e. The highest BCUT2D eigenvalue weighted by molar-refractivity contribution is 5.80. The zero-order chi connectivity index (χ0) is 36.3. The number of guanidine groups is 1. The molecule has 0 atom stereocenters. The number of hydrazone groups is 1. The van der Waals surface area contributed by atoms with Crippen LogP contribution in [0.4, 0.5) is 44.3 Å². The number of benzene rings is 2.